The van der Waals surface area contributed by atoms with E-state index in [1.54, 1.807) is 18.0 Å². The second-order valence-corrected chi connectivity index (χ2v) is 5.28. The molecular formula is C15H14N2OS. The topological polar surface area (TPSA) is 52.0 Å². The lowest BCUT2D eigenvalue weighted by Gasteiger charge is -2.06. The molecule has 3 aromatic rings. The summed E-state index contributed by atoms with van der Waals surface area (Å²) in [4.78, 5) is 4.43. The molecule has 0 amide bonds. The molecule has 0 saturated carbocycles. The average Bonchev–Trinajstić information content (AvgIpc) is 2.92. The van der Waals surface area contributed by atoms with Gasteiger partial charge in [-0.2, -0.15) is 0 Å². The minimum absolute atomic E-state index is 0.616. The summed E-state index contributed by atoms with van der Waals surface area (Å²) in [6.45, 7) is 0. The standard InChI is InChI=1S/C15H14N2OS/c16-15-12(9-19-10-13-5-3-7-18-13)8-11-4-1-2-6-14(11)17-15/h1-8H,9-10H2,(H2,16,17). The maximum atomic E-state index is 6.00. The highest BCUT2D eigenvalue weighted by Crippen LogP contribution is 2.24. The Hall–Kier alpha value is -1.94. The molecule has 19 heavy (non-hydrogen) atoms. The van der Waals surface area contributed by atoms with Crippen LogP contribution in [0.25, 0.3) is 10.9 Å². The van der Waals surface area contributed by atoms with Crippen LogP contribution in [0.3, 0.4) is 0 Å². The van der Waals surface area contributed by atoms with Gasteiger partial charge < -0.3 is 10.2 Å². The number of benzene rings is 1. The van der Waals surface area contributed by atoms with Gasteiger partial charge in [0, 0.05) is 16.7 Å². The van der Waals surface area contributed by atoms with Gasteiger partial charge in [-0.1, -0.05) is 18.2 Å². The van der Waals surface area contributed by atoms with Crippen LogP contribution in [0.15, 0.2) is 53.1 Å². The third-order valence-electron chi connectivity index (χ3n) is 2.92. The van der Waals surface area contributed by atoms with Gasteiger partial charge in [-0.25, -0.2) is 4.98 Å². The van der Waals surface area contributed by atoms with Gasteiger partial charge >= 0.3 is 0 Å². The molecule has 96 valence electrons. The summed E-state index contributed by atoms with van der Waals surface area (Å²) in [5.74, 6) is 3.28. The normalized spacial score (nSPS) is 10.9. The number of rotatable bonds is 4. The lowest BCUT2D eigenvalue weighted by Crippen LogP contribution is -1.97. The molecule has 0 bridgehead atoms. The monoisotopic (exact) mass is 270 g/mol. The number of hydrogen-bond acceptors (Lipinski definition) is 4. The Balaban J connectivity index is 1.75. The fourth-order valence-electron chi connectivity index (χ4n) is 1.95. The van der Waals surface area contributed by atoms with Crippen LogP contribution >= 0.6 is 11.8 Å². The van der Waals surface area contributed by atoms with Crippen molar-refractivity contribution in [1.82, 2.24) is 4.98 Å². The van der Waals surface area contributed by atoms with E-state index in [1.807, 2.05) is 30.3 Å². The molecular weight excluding hydrogens is 256 g/mol. The maximum absolute atomic E-state index is 6.00. The number of pyridine rings is 1. The third-order valence-corrected chi connectivity index (χ3v) is 3.92. The van der Waals surface area contributed by atoms with Gasteiger partial charge in [0.1, 0.15) is 11.6 Å². The van der Waals surface area contributed by atoms with Crippen molar-refractivity contribution in [3.63, 3.8) is 0 Å². The van der Waals surface area contributed by atoms with Gasteiger partial charge in [0.2, 0.25) is 0 Å². The highest BCUT2D eigenvalue weighted by molar-refractivity contribution is 7.97. The number of nitrogens with zero attached hydrogens (tertiary/aromatic N) is 1. The Labute approximate surface area is 115 Å². The molecule has 0 atom stereocenters. The summed E-state index contributed by atoms with van der Waals surface area (Å²) in [7, 11) is 0. The first-order valence-electron chi connectivity index (χ1n) is 6.07. The van der Waals surface area contributed by atoms with Crippen LogP contribution in [-0.2, 0) is 11.5 Å². The second-order valence-electron chi connectivity index (χ2n) is 4.30. The van der Waals surface area contributed by atoms with Crippen molar-refractivity contribution in [2.75, 3.05) is 5.73 Å². The minimum atomic E-state index is 0.616. The van der Waals surface area contributed by atoms with Crippen molar-refractivity contribution in [1.29, 1.82) is 0 Å². The molecule has 0 radical (unpaired) electrons. The summed E-state index contributed by atoms with van der Waals surface area (Å²) in [5, 5.41) is 1.13. The molecule has 0 saturated heterocycles. The quantitative estimate of drug-likeness (QED) is 0.782. The largest absolute Gasteiger partial charge is 0.468 e. The summed E-state index contributed by atoms with van der Waals surface area (Å²) in [6, 6.07) is 14.0. The van der Waals surface area contributed by atoms with E-state index >= 15 is 0 Å². The van der Waals surface area contributed by atoms with Crippen molar-refractivity contribution in [3.05, 3.63) is 60.1 Å². The zero-order chi connectivity index (χ0) is 13.1. The highest BCUT2D eigenvalue weighted by Gasteiger charge is 2.05. The van der Waals surface area contributed by atoms with Crippen molar-refractivity contribution in [2.24, 2.45) is 0 Å². The molecule has 2 aromatic heterocycles. The van der Waals surface area contributed by atoms with E-state index in [9.17, 15) is 0 Å². The van der Waals surface area contributed by atoms with Gasteiger partial charge in [-0.05, 0) is 24.3 Å². The van der Waals surface area contributed by atoms with Crippen LogP contribution in [-0.4, -0.2) is 4.98 Å². The smallest absolute Gasteiger partial charge is 0.128 e. The lowest BCUT2D eigenvalue weighted by atomic mass is 10.1. The number of hydrogen-bond donors (Lipinski definition) is 1. The summed E-state index contributed by atoms with van der Waals surface area (Å²) in [5.41, 5.74) is 8.02. The van der Waals surface area contributed by atoms with Gasteiger partial charge in [-0.15, -0.1) is 11.8 Å². The van der Waals surface area contributed by atoms with Crippen LogP contribution in [0, 0.1) is 0 Å². The Kier molecular flexibility index (Phi) is 3.42. The molecule has 0 spiro atoms. The Morgan fingerprint density at radius 3 is 2.84 bits per heavy atom. The number of para-hydroxylation sites is 1. The van der Waals surface area contributed by atoms with Crippen LogP contribution < -0.4 is 5.73 Å². The number of nitrogens with two attached hydrogens (primary N) is 1. The lowest BCUT2D eigenvalue weighted by molar-refractivity contribution is 0.530. The molecule has 0 fully saturated rings. The molecule has 2 heterocycles. The number of aromatic nitrogens is 1. The van der Waals surface area contributed by atoms with E-state index < -0.39 is 0 Å². The summed E-state index contributed by atoms with van der Waals surface area (Å²) < 4.78 is 5.30. The second kappa shape index (κ2) is 5.36. The average molecular weight is 270 g/mol. The fraction of sp³-hybridized carbons (Fsp3) is 0.133. The number of nitrogen functional groups attached to an aromatic ring is 1. The number of furan rings is 1. The van der Waals surface area contributed by atoms with Gasteiger partial charge in [-0.3, -0.25) is 0 Å². The number of thioether (sulfide) groups is 1. The SMILES string of the molecule is Nc1nc2ccccc2cc1CSCc1ccco1. The molecule has 0 aliphatic rings. The van der Waals surface area contributed by atoms with E-state index in [0.29, 0.717) is 5.82 Å². The maximum Gasteiger partial charge on any atom is 0.128 e. The van der Waals surface area contributed by atoms with Crippen molar-refractivity contribution in [2.45, 2.75) is 11.5 Å². The van der Waals surface area contributed by atoms with Gasteiger partial charge in [0.05, 0.1) is 17.5 Å². The highest BCUT2D eigenvalue weighted by atomic mass is 32.2. The van der Waals surface area contributed by atoms with Crippen LogP contribution in [0.5, 0.6) is 0 Å². The first-order chi connectivity index (χ1) is 9.33. The van der Waals surface area contributed by atoms with Crippen LogP contribution in [0.2, 0.25) is 0 Å². The number of fused-ring (bicyclic) bond motifs is 1. The van der Waals surface area contributed by atoms with Crippen molar-refractivity contribution < 1.29 is 4.42 Å². The molecule has 4 heteroatoms. The zero-order valence-electron chi connectivity index (χ0n) is 10.4. The molecule has 3 rings (SSSR count). The van der Waals surface area contributed by atoms with Gasteiger partial charge in [0.15, 0.2) is 0 Å². The molecule has 0 unspecified atom stereocenters. The molecule has 1 aromatic carbocycles. The van der Waals surface area contributed by atoms with E-state index in [-0.39, 0.29) is 0 Å². The summed E-state index contributed by atoms with van der Waals surface area (Å²) in [6.07, 6.45) is 1.70. The van der Waals surface area contributed by atoms with E-state index in [0.717, 1.165) is 33.7 Å². The predicted molar refractivity (Wildman–Crippen MR) is 79.9 cm³/mol. The first kappa shape index (κ1) is 12.1. The van der Waals surface area contributed by atoms with Crippen molar-refractivity contribution >= 4 is 28.5 Å². The molecule has 0 aliphatic heterocycles. The van der Waals surface area contributed by atoms with Crippen molar-refractivity contribution in [3.8, 4) is 0 Å². The van der Waals surface area contributed by atoms with E-state index in [2.05, 4.69) is 17.1 Å². The first-order valence-corrected chi connectivity index (χ1v) is 7.22. The Bertz CT molecular complexity index is 680. The predicted octanol–water partition coefficient (Wildman–Crippen LogP) is 3.84. The Morgan fingerprint density at radius 1 is 1.11 bits per heavy atom. The number of anilines is 1. The third kappa shape index (κ3) is 2.74. The minimum Gasteiger partial charge on any atom is -0.468 e. The van der Waals surface area contributed by atoms with Gasteiger partial charge in [0.25, 0.3) is 0 Å². The molecule has 3 nitrogen and oxygen atoms in total. The van der Waals surface area contributed by atoms with E-state index in [4.69, 9.17) is 10.2 Å². The zero-order valence-corrected chi connectivity index (χ0v) is 11.2. The molecule has 2 N–H and O–H groups in total. The summed E-state index contributed by atoms with van der Waals surface area (Å²) >= 11 is 1.77. The van der Waals surface area contributed by atoms with E-state index in [1.165, 1.54) is 0 Å². The molecule has 0 aliphatic carbocycles. The van der Waals surface area contributed by atoms with Crippen LogP contribution in [0.1, 0.15) is 11.3 Å². The van der Waals surface area contributed by atoms with Crippen LogP contribution in [0.4, 0.5) is 5.82 Å². The Morgan fingerprint density at radius 2 is 2.00 bits per heavy atom. The fourth-order valence-corrected chi connectivity index (χ4v) is 2.87.